The van der Waals surface area contributed by atoms with Crippen LogP contribution in [0.3, 0.4) is 0 Å². The molecule has 0 spiro atoms. The fourth-order valence-corrected chi connectivity index (χ4v) is 2.53. The Kier molecular flexibility index (Phi) is 3.52. The van der Waals surface area contributed by atoms with Crippen LogP contribution >= 0.6 is 0 Å². The van der Waals surface area contributed by atoms with E-state index in [2.05, 4.69) is 0 Å². The van der Waals surface area contributed by atoms with Gasteiger partial charge in [-0.25, -0.2) is 8.42 Å². The Labute approximate surface area is 90.7 Å². The van der Waals surface area contributed by atoms with Crippen LogP contribution in [0.4, 0.5) is 0 Å². The molecule has 0 aliphatic heterocycles. The third-order valence-electron chi connectivity index (χ3n) is 2.18. The second-order valence-corrected chi connectivity index (χ2v) is 5.91. The number of aliphatic hydroxyl groups is 1. The largest absolute Gasteiger partial charge is 0.393 e. The monoisotopic (exact) mass is 228 g/mol. The van der Waals surface area contributed by atoms with E-state index in [0.717, 1.165) is 11.1 Å². The van der Waals surface area contributed by atoms with Crippen molar-refractivity contribution < 1.29 is 13.5 Å². The van der Waals surface area contributed by atoms with E-state index in [9.17, 15) is 13.5 Å². The third kappa shape index (κ3) is 3.32. The molecular formula is C11H16O3S. The minimum absolute atomic E-state index is 0.348. The van der Waals surface area contributed by atoms with Gasteiger partial charge >= 0.3 is 0 Å². The Morgan fingerprint density at radius 1 is 1.40 bits per heavy atom. The zero-order chi connectivity index (χ0) is 11.6. The number of aryl methyl sites for hydroxylation is 1. The predicted octanol–water partition coefficient (Wildman–Crippen LogP) is 1.32. The fourth-order valence-electron chi connectivity index (χ4n) is 1.51. The zero-order valence-electron chi connectivity index (χ0n) is 9.19. The molecule has 0 radical (unpaired) electrons. The van der Waals surface area contributed by atoms with Crippen molar-refractivity contribution in [1.29, 1.82) is 0 Å². The minimum atomic E-state index is -3.17. The molecule has 1 aromatic carbocycles. The van der Waals surface area contributed by atoms with Crippen LogP contribution in [0, 0.1) is 6.92 Å². The van der Waals surface area contributed by atoms with E-state index in [0.29, 0.717) is 11.3 Å². The second kappa shape index (κ2) is 4.33. The molecule has 0 saturated carbocycles. The van der Waals surface area contributed by atoms with Crippen LogP contribution in [0.5, 0.6) is 0 Å². The third-order valence-corrected chi connectivity index (χ3v) is 3.42. The van der Waals surface area contributed by atoms with Crippen molar-refractivity contribution in [3.05, 3.63) is 29.3 Å². The van der Waals surface area contributed by atoms with E-state index in [-0.39, 0.29) is 0 Å². The van der Waals surface area contributed by atoms with E-state index in [1.165, 1.54) is 6.26 Å². The fraction of sp³-hybridized carbons (Fsp3) is 0.455. The molecule has 0 heterocycles. The van der Waals surface area contributed by atoms with Crippen LogP contribution in [0.15, 0.2) is 23.1 Å². The number of hydrogen-bond donors (Lipinski definition) is 1. The van der Waals surface area contributed by atoms with Crippen LogP contribution in [0.1, 0.15) is 18.1 Å². The lowest BCUT2D eigenvalue weighted by Crippen LogP contribution is -2.06. The van der Waals surface area contributed by atoms with Gasteiger partial charge in [0.25, 0.3) is 0 Å². The lowest BCUT2D eigenvalue weighted by molar-refractivity contribution is 0.195. The molecule has 0 bridgehead atoms. The maximum absolute atomic E-state index is 11.4. The van der Waals surface area contributed by atoms with Crippen molar-refractivity contribution in [2.24, 2.45) is 0 Å². The first-order chi connectivity index (χ1) is 6.80. The topological polar surface area (TPSA) is 54.4 Å². The van der Waals surface area contributed by atoms with Crippen LogP contribution < -0.4 is 0 Å². The molecule has 1 rings (SSSR count). The molecule has 1 aromatic rings. The summed E-state index contributed by atoms with van der Waals surface area (Å²) in [5.41, 5.74) is 1.59. The van der Waals surface area contributed by atoms with Gasteiger partial charge < -0.3 is 5.11 Å². The highest BCUT2D eigenvalue weighted by Gasteiger charge is 2.11. The molecule has 84 valence electrons. The highest BCUT2D eigenvalue weighted by Crippen LogP contribution is 2.17. The van der Waals surface area contributed by atoms with Gasteiger partial charge in [0.1, 0.15) is 0 Å². The van der Waals surface area contributed by atoms with Crippen molar-refractivity contribution in [2.75, 3.05) is 6.26 Å². The molecule has 15 heavy (non-hydrogen) atoms. The van der Waals surface area contributed by atoms with Crippen molar-refractivity contribution >= 4 is 9.84 Å². The molecule has 1 unspecified atom stereocenters. The van der Waals surface area contributed by atoms with Gasteiger partial charge in [-0.3, -0.25) is 0 Å². The zero-order valence-corrected chi connectivity index (χ0v) is 10.0. The molecule has 1 N–H and O–H groups in total. The average molecular weight is 228 g/mol. The van der Waals surface area contributed by atoms with Crippen molar-refractivity contribution in [1.82, 2.24) is 0 Å². The molecule has 3 nitrogen and oxygen atoms in total. The van der Waals surface area contributed by atoms with Crippen LogP contribution in [-0.4, -0.2) is 25.9 Å². The Morgan fingerprint density at radius 2 is 2.00 bits per heavy atom. The molecule has 4 heteroatoms. The van der Waals surface area contributed by atoms with Gasteiger partial charge in [-0.2, -0.15) is 0 Å². The van der Waals surface area contributed by atoms with Gasteiger partial charge in [0, 0.05) is 6.26 Å². The van der Waals surface area contributed by atoms with Crippen LogP contribution in [0.25, 0.3) is 0 Å². The van der Waals surface area contributed by atoms with E-state index < -0.39 is 15.9 Å². The van der Waals surface area contributed by atoms with Gasteiger partial charge in [0.05, 0.1) is 11.0 Å². The molecule has 0 aromatic heterocycles. The predicted molar refractivity (Wildman–Crippen MR) is 59.7 cm³/mol. The summed E-state index contributed by atoms with van der Waals surface area (Å²) in [4.78, 5) is 0.348. The lowest BCUT2D eigenvalue weighted by Gasteiger charge is -2.08. The lowest BCUT2D eigenvalue weighted by atomic mass is 10.1. The van der Waals surface area contributed by atoms with Gasteiger partial charge in [0.2, 0.25) is 0 Å². The van der Waals surface area contributed by atoms with E-state index in [1.54, 1.807) is 26.0 Å². The summed E-state index contributed by atoms with van der Waals surface area (Å²) in [7, 11) is -3.17. The van der Waals surface area contributed by atoms with Crippen molar-refractivity contribution in [3.63, 3.8) is 0 Å². The first-order valence-electron chi connectivity index (χ1n) is 4.78. The van der Waals surface area contributed by atoms with Gasteiger partial charge in [-0.15, -0.1) is 0 Å². The Hall–Kier alpha value is -0.870. The molecule has 1 atom stereocenters. The summed E-state index contributed by atoms with van der Waals surface area (Å²) >= 11 is 0. The highest BCUT2D eigenvalue weighted by atomic mass is 32.2. The van der Waals surface area contributed by atoms with E-state index in [4.69, 9.17) is 0 Å². The smallest absolute Gasteiger partial charge is 0.175 e. The maximum Gasteiger partial charge on any atom is 0.175 e. The molecule has 0 fully saturated rings. The van der Waals surface area contributed by atoms with Gasteiger partial charge in [-0.05, 0) is 37.5 Å². The molecule has 0 aliphatic rings. The maximum atomic E-state index is 11.4. The van der Waals surface area contributed by atoms with Gasteiger partial charge in [0.15, 0.2) is 9.84 Å². The first kappa shape index (κ1) is 12.2. The van der Waals surface area contributed by atoms with Crippen molar-refractivity contribution in [3.8, 4) is 0 Å². The molecule has 0 aliphatic carbocycles. The summed E-state index contributed by atoms with van der Waals surface area (Å²) in [6.07, 6.45) is 1.21. The highest BCUT2D eigenvalue weighted by molar-refractivity contribution is 7.90. The standard InChI is InChI=1S/C11H16O3S/c1-8-4-5-10(6-9(2)12)7-11(8)15(3,13)14/h4-5,7,9,12H,6H2,1-3H3. The molecule has 0 saturated heterocycles. The summed E-state index contributed by atoms with van der Waals surface area (Å²) in [6, 6.07) is 5.25. The van der Waals surface area contributed by atoms with Crippen molar-refractivity contribution in [2.45, 2.75) is 31.3 Å². The number of aliphatic hydroxyl groups excluding tert-OH is 1. The minimum Gasteiger partial charge on any atom is -0.393 e. The molecule has 0 amide bonds. The molecular weight excluding hydrogens is 212 g/mol. The number of sulfone groups is 1. The Balaban J connectivity index is 3.18. The summed E-state index contributed by atoms with van der Waals surface area (Å²) < 4.78 is 22.9. The number of hydrogen-bond acceptors (Lipinski definition) is 3. The summed E-state index contributed by atoms with van der Waals surface area (Å²) in [6.45, 7) is 3.45. The average Bonchev–Trinajstić information content (AvgIpc) is 2.05. The van der Waals surface area contributed by atoms with Gasteiger partial charge in [-0.1, -0.05) is 12.1 Å². The van der Waals surface area contributed by atoms with E-state index in [1.807, 2.05) is 6.07 Å². The Bertz CT molecular complexity index is 447. The number of rotatable bonds is 3. The normalized spacial score (nSPS) is 13.9. The van der Waals surface area contributed by atoms with Crippen LogP contribution in [-0.2, 0) is 16.3 Å². The SMILES string of the molecule is Cc1ccc(CC(C)O)cc1S(C)(=O)=O. The Morgan fingerprint density at radius 3 is 2.47 bits per heavy atom. The first-order valence-corrected chi connectivity index (χ1v) is 6.67. The quantitative estimate of drug-likeness (QED) is 0.849. The summed E-state index contributed by atoms with van der Waals surface area (Å²) in [5.74, 6) is 0. The van der Waals surface area contributed by atoms with Crippen LogP contribution in [0.2, 0.25) is 0 Å². The van der Waals surface area contributed by atoms with E-state index >= 15 is 0 Å². The second-order valence-electron chi connectivity index (χ2n) is 3.93. The summed E-state index contributed by atoms with van der Waals surface area (Å²) in [5, 5.41) is 9.22. The number of benzene rings is 1.